The van der Waals surface area contributed by atoms with Crippen molar-refractivity contribution in [3.8, 4) is 5.75 Å². The van der Waals surface area contributed by atoms with Gasteiger partial charge in [0.25, 0.3) is 5.91 Å². The van der Waals surface area contributed by atoms with Crippen LogP contribution in [-0.2, 0) is 0 Å². The van der Waals surface area contributed by atoms with Crippen LogP contribution in [-0.4, -0.2) is 47.4 Å². The van der Waals surface area contributed by atoms with Crippen LogP contribution < -0.4 is 4.74 Å². The Morgan fingerprint density at radius 3 is 2.67 bits per heavy atom. The zero-order chi connectivity index (χ0) is 15.7. The maximum absolute atomic E-state index is 12.8. The number of hydrogen-bond donors (Lipinski definition) is 1. The fourth-order valence-electron chi connectivity index (χ4n) is 2.29. The molecule has 1 fully saturated rings. The van der Waals surface area contributed by atoms with E-state index < -0.39 is 30.7 Å². The number of halogens is 3. The van der Waals surface area contributed by atoms with E-state index in [2.05, 4.69) is 0 Å². The Morgan fingerprint density at radius 2 is 2.10 bits per heavy atom. The average molecular weight is 303 g/mol. The summed E-state index contributed by atoms with van der Waals surface area (Å²) in [4.78, 5) is 13.3. The lowest BCUT2D eigenvalue weighted by atomic mass is 10.0. The van der Waals surface area contributed by atoms with E-state index in [0.717, 1.165) is 4.90 Å². The van der Waals surface area contributed by atoms with Gasteiger partial charge in [-0.25, -0.2) is 0 Å². The number of carbonyl (C=O) groups is 1. The molecule has 0 radical (unpaired) electrons. The fraction of sp³-hybridized carbons (Fsp3) is 0.500. The molecule has 0 aliphatic carbocycles. The van der Waals surface area contributed by atoms with Gasteiger partial charge in [-0.05, 0) is 19.1 Å². The largest absolute Gasteiger partial charge is 0.493 e. The second kappa shape index (κ2) is 5.55. The Hall–Kier alpha value is -1.76. The normalized spacial score (nSPS) is 22.4. The van der Waals surface area contributed by atoms with Crippen LogP contribution in [0.3, 0.4) is 0 Å². The summed E-state index contributed by atoms with van der Waals surface area (Å²) in [5.74, 6) is -0.244. The van der Waals surface area contributed by atoms with Crippen molar-refractivity contribution in [2.75, 3.05) is 19.7 Å². The summed E-state index contributed by atoms with van der Waals surface area (Å²) >= 11 is 0. The van der Waals surface area contributed by atoms with E-state index in [4.69, 9.17) is 4.74 Å². The SMILES string of the molecule is CCOc1ccccc1C(=O)N1CCC(O)(C(F)(F)F)C1. The molecular weight excluding hydrogens is 287 g/mol. The number of para-hydroxylation sites is 1. The van der Waals surface area contributed by atoms with Crippen molar-refractivity contribution in [1.29, 1.82) is 0 Å². The minimum absolute atomic E-state index is 0.144. The van der Waals surface area contributed by atoms with Crippen molar-refractivity contribution in [2.45, 2.75) is 25.1 Å². The van der Waals surface area contributed by atoms with E-state index in [9.17, 15) is 23.1 Å². The highest BCUT2D eigenvalue weighted by molar-refractivity contribution is 5.97. The van der Waals surface area contributed by atoms with Gasteiger partial charge in [0.2, 0.25) is 0 Å². The number of carbonyl (C=O) groups excluding carboxylic acids is 1. The van der Waals surface area contributed by atoms with E-state index in [0.29, 0.717) is 12.4 Å². The van der Waals surface area contributed by atoms with Gasteiger partial charge in [-0.3, -0.25) is 4.79 Å². The Morgan fingerprint density at radius 1 is 1.43 bits per heavy atom. The third kappa shape index (κ3) is 2.97. The summed E-state index contributed by atoms with van der Waals surface area (Å²) < 4.78 is 43.6. The van der Waals surface area contributed by atoms with Gasteiger partial charge in [0.1, 0.15) is 5.75 Å². The molecule has 1 atom stereocenters. The summed E-state index contributed by atoms with van der Waals surface area (Å²) in [6.07, 6.45) is -5.26. The van der Waals surface area contributed by atoms with E-state index in [1.807, 2.05) is 0 Å². The predicted octanol–water partition coefficient (Wildman–Crippen LogP) is 2.22. The van der Waals surface area contributed by atoms with Gasteiger partial charge >= 0.3 is 6.18 Å². The molecule has 1 N–H and O–H groups in total. The van der Waals surface area contributed by atoms with Crippen LogP contribution in [0.2, 0.25) is 0 Å². The minimum atomic E-state index is -4.75. The standard InChI is InChI=1S/C14H16F3NO3/c1-2-21-11-6-4-3-5-10(11)12(19)18-8-7-13(20,9-18)14(15,16)17/h3-6,20H,2,7-9H2,1H3. The van der Waals surface area contributed by atoms with E-state index in [1.54, 1.807) is 25.1 Å². The number of likely N-dealkylation sites (tertiary alicyclic amines) is 1. The lowest BCUT2D eigenvalue weighted by Gasteiger charge is -2.26. The summed E-state index contributed by atoms with van der Waals surface area (Å²) in [7, 11) is 0. The molecule has 4 nitrogen and oxygen atoms in total. The molecule has 1 saturated heterocycles. The first kappa shape index (κ1) is 15.6. The highest BCUT2D eigenvalue weighted by Crippen LogP contribution is 2.38. The van der Waals surface area contributed by atoms with Gasteiger partial charge in [0.05, 0.1) is 18.7 Å². The molecule has 1 unspecified atom stereocenters. The third-order valence-corrected chi connectivity index (χ3v) is 3.48. The Labute approximate surface area is 120 Å². The molecule has 1 aromatic rings. The van der Waals surface area contributed by atoms with Crippen LogP contribution in [0.1, 0.15) is 23.7 Å². The number of ether oxygens (including phenoxy) is 1. The molecule has 0 aromatic heterocycles. The van der Waals surface area contributed by atoms with Gasteiger partial charge in [0.15, 0.2) is 5.60 Å². The summed E-state index contributed by atoms with van der Waals surface area (Å²) in [6, 6.07) is 6.38. The number of hydrogen-bond acceptors (Lipinski definition) is 3. The number of aliphatic hydroxyl groups is 1. The second-order valence-electron chi connectivity index (χ2n) is 4.94. The summed E-state index contributed by atoms with van der Waals surface area (Å²) in [5.41, 5.74) is -2.63. The zero-order valence-corrected chi connectivity index (χ0v) is 11.5. The highest BCUT2D eigenvalue weighted by atomic mass is 19.4. The molecule has 1 aromatic carbocycles. The quantitative estimate of drug-likeness (QED) is 0.931. The number of amides is 1. The molecule has 0 spiro atoms. The van der Waals surface area contributed by atoms with Crippen LogP contribution in [0.5, 0.6) is 5.75 Å². The minimum Gasteiger partial charge on any atom is -0.493 e. The van der Waals surface area contributed by atoms with Gasteiger partial charge in [-0.1, -0.05) is 12.1 Å². The topological polar surface area (TPSA) is 49.8 Å². The first-order valence-corrected chi connectivity index (χ1v) is 6.59. The number of nitrogens with zero attached hydrogens (tertiary/aromatic N) is 1. The van der Waals surface area contributed by atoms with Gasteiger partial charge in [0, 0.05) is 13.0 Å². The molecule has 1 amide bonds. The molecular formula is C14H16F3NO3. The van der Waals surface area contributed by atoms with E-state index in [-0.39, 0.29) is 12.1 Å². The van der Waals surface area contributed by atoms with Crippen molar-refractivity contribution in [3.05, 3.63) is 29.8 Å². The third-order valence-electron chi connectivity index (χ3n) is 3.48. The first-order chi connectivity index (χ1) is 9.78. The Balaban J connectivity index is 2.20. The van der Waals surface area contributed by atoms with Crippen LogP contribution in [0.15, 0.2) is 24.3 Å². The summed E-state index contributed by atoms with van der Waals surface area (Å²) in [6.45, 7) is 1.20. The average Bonchev–Trinajstić information content (AvgIpc) is 2.83. The molecule has 21 heavy (non-hydrogen) atoms. The zero-order valence-electron chi connectivity index (χ0n) is 11.5. The summed E-state index contributed by atoms with van der Waals surface area (Å²) in [5, 5.41) is 9.62. The lowest BCUT2D eigenvalue weighted by Crippen LogP contribution is -2.48. The van der Waals surface area contributed by atoms with Gasteiger partial charge in [-0.2, -0.15) is 13.2 Å². The Kier molecular flexibility index (Phi) is 4.13. The maximum Gasteiger partial charge on any atom is 0.419 e. The van der Waals surface area contributed by atoms with Crippen molar-refractivity contribution in [2.24, 2.45) is 0 Å². The Bertz CT molecular complexity index is 532. The molecule has 116 valence electrons. The fourth-order valence-corrected chi connectivity index (χ4v) is 2.29. The molecule has 0 saturated carbocycles. The van der Waals surface area contributed by atoms with E-state index in [1.165, 1.54) is 6.07 Å². The highest BCUT2D eigenvalue weighted by Gasteiger charge is 2.57. The predicted molar refractivity (Wildman–Crippen MR) is 69.1 cm³/mol. The second-order valence-corrected chi connectivity index (χ2v) is 4.94. The molecule has 0 bridgehead atoms. The monoisotopic (exact) mass is 303 g/mol. The number of alkyl halides is 3. The van der Waals surface area contributed by atoms with Crippen LogP contribution in [0, 0.1) is 0 Å². The van der Waals surface area contributed by atoms with Crippen LogP contribution in [0.25, 0.3) is 0 Å². The number of benzene rings is 1. The molecule has 1 aliphatic rings. The molecule has 1 aliphatic heterocycles. The van der Waals surface area contributed by atoms with Crippen LogP contribution in [0.4, 0.5) is 13.2 Å². The number of β-amino-alcohol motifs (C(OH)–C–C–N with tert-alkyl or cyclic N) is 1. The molecule has 2 rings (SSSR count). The van der Waals surface area contributed by atoms with Crippen molar-refractivity contribution < 1.29 is 27.8 Å². The van der Waals surface area contributed by atoms with Crippen molar-refractivity contribution in [1.82, 2.24) is 4.90 Å². The van der Waals surface area contributed by atoms with Crippen LogP contribution >= 0.6 is 0 Å². The molecule has 1 heterocycles. The van der Waals surface area contributed by atoms with Crippen molar-refractivity contribution >= 4 is 5.91 Å². The van der Waals surface area contributed by atoms with Crippen molar-refractivity contribution in [3.63, 3.8) is 0 Å². The maximum atomic E-state index is 12.8. The smallest absolute Gasteiger partial charge is 0.419 e. The van der Waals surface area contributed by atoms with E-state index >= 15 is 0 Å². The first-order valence-electron chi connectivity index (χ1n) is 6.59. The number of rotatable bonds is 3. The van der Waals surface area contributed by atoms with Gasteiger partial charge in [-0.15, -0.1) is 0 Å². The molecule has 7 heteroatoms. The van der Waals surface area contributed by atoms with Gasteiger partial charge < -0.3 is 14.7 Å². The lowest BCUT2D eigenvalue weighted by molar-refractivity contribution is -0.253.